The molecular formula is C29H36N2O7S. The van der Waals surface area contributed by atoms with Crippen molar-refractivity contribution in [3.05, 3.63) is 83.9 Å². The second kappa shape index (κ2) is 13.3. The van der Waals surface area contributed by atoms with Crippen molar-refractivity contribution in [3.8, 4) is 17.2 Å². The van der Waals surface area contributed by atoms with Crippen molar-refractivity contribution in [2.24, 2.45) is 5.73 Å². The lowest BCUT2D eigenvalue weighted by molar-refractivity contribution is -0.148. The quantitative estimate of drug-likeness (QED) is 0.286. The van der Waals surface area contributed by atoms with E-state index in [9.17, 15) is 13.5 Å². The summed E-state index contributed by atoms with van der Waals surface area (Å²) in [5, 5.41) is 11.0. The molecule has 0 saturated heterocycles. The summed E-state index contributed by atoms with van der Waals surface area (Å²) in [5.74, 6) is 1.53. The first-order chi connectivity index (χ1) is 18.8. The maximum absolute atomic E-state index is 13.6. The van der Waals surface area contributed by atoms with Gasteiger partial charge in [-0.25, -0.2) is 8.42 Å². The van der Waals surface area contributed by atoms with Crippen LogP contribution in [0.25, 0.3) is 0 Å². The number of nitrogens with zero attached hydrogens (tertiary/aromatic N) is 1. The molecule has 4 rings (SSSR count). The molecule has 0 spiro atoms. The van der Waals surface area contributed by atoms with Gasteiger partial charge in [0, 0.05) is 12.1 Å². The highest BCUT2D eigenvalue weighted by molar-refractivity contribution is 7.89. The standard InChI is InChI=1S/C29H36N2O7S/c1-3-23(4-2)38-31(39(33,34)25-14-15-28-29(17-25)37-20-36-28)18-27(32)26(30)16-21-10-12-24(13-11-21)35-19-22-8-6-5-7-9-22/h5-15,17,23,26-27,32H,3-4,16,18-20,30H2,1-2H3. The minimum absolute atomic E-state index is 0.0235. The lowest BCUT2D eigenvalue weighted by Crippen LogP contribution is -2.47. The predicted molar refractivity (Wildman–Crippen MR) is 147 cm³/mol. The maximum Gasteiger partial charge on any atom is 0.265 e. The van der Waals surface area contributed by atoms with Gasteiger partial charge in [-0.05, 0) is 54.7 Å². The van der Waals surface area contributed by atoms with Gasteiger partial charge in [0.2, 0.25) is 6.79 Å². The summed E-state index contributed by atoms with van der Waals surface area (Å²) in [4.78, 5) is 5.86. The van der Waals surface area contributed by atoms with Gasteiger partial charge in [0.15, 0.2) is 11.5 Å². The normalized spacial score (nSPS) is 14.5. The van der Waals surface area contributed by atoms with Crippen LogP contribution in [0.3, 0.4) is 0 Å². The van der Waals surface area contributed by atoms with Crippen LogP contribution in [0.1, 0.15) is 37.8 Å². The first-order valence-corrected chi connectivity index (χ1v) is 14.5. The zero-order valence-electron chi connectivity index (χ0n) is 22.2. The number of hydrogen-bond donors (Lipinski definition) is 2. The Morgan fingerprint density at radius 2 is 1.64 bits per heavy atom. The lowest BCUT2D eigenvalue weighted by Gasteiger charge is -2.29. The molecule has 0 fully saturated rings. The highest BCUT2D eigenvalue weighted by Gasteiger charge is 2.33. The molecule has 2 atom stereocenters. The van der Waals surface area contributed by atoms with E-state index >= 15 is 0 Å². The van der Waals surface area contributed by atoms with E-state index in [1.807, 2.05) is 68.4 Å². The van der Waals surface area contributed by atoms with Crippen molar-refractivity contribution in [2.75, 3.05) is 13.3 Å². The molecule has 1 heterocycles. The van der Waals surface area contributed by atoms with E-state index < -0.39 is 22.2 Å². The van der Waals surface area contributed by atoms with Gasteiger partial charge < -0.3 is 25.1 Å². The van der Waals surface area contributed by atoms with Crippen LogP contribution < -0.4 is 19.9 Å². The summed E-state index contributed by atoms with van der Waals surface area (Å²) < 4.78 is 44.4. The van der Waals surface area contributed by atoms with Crippen molar-refractivity contribution in [3.63, 3.8) is 0 Å². The van der Waals surface area contributed by atoms with Gasteiger partial charge in [-0.1, -0.05) is 60.8 Å². The molecule has 1 aliphatic rings. The molecule has 0 radical (unpaired) electrons. The fraction of sp³-hybridized carbons (Fsp3) is 0.379. The fourth-order valence-electron chi connectivity index (χ4n) is 4.12. The number of hydrogen-bond acceptors (Lipinski definition) is 8. The Morgan fingerprint density at radius 1 is 0.949 bits per heavy atom. The van der Waals surface area contributed by atoms with Crippen molar-refractivity contribution in [2.45, 2.75) is 62.9 Å². The molecule has 0 aliphatic carbocycles. The Balaban J connectivity index is 1.41. The van der Waals surface area contributed by atoms with Crippen molar-refractivity contribution < 1.29 is 32.6 Å². The number of benzene rings is 3. The number of rotatable bonds is 14. The maximum atomic E-state index is 13.6. The average Bonchev–Trinajstić information content (AvgIpc) is 3.43. The smallest absolute Gasteiger partial charge is 0.265 e. The Labute approximate surface area is 230 Å². The number of nitrogens with two attached hydrogens (primary N) is 1. The number of aliphatic hydroxyl groups is 1. The fourth-order valence-corrected chi connectivity index (χ4v) is 5.43. The van der Waals surface area contributed by atoms with Crippen molar-refractivity contribution in [1.82, 2.24) is 4.47 Å². The minimum Gasteiger partial charge on any atom is -0.489 e. The minimum atomic E-state index is -4.13. The number of ether oxygens (including phenoxy) is 3. The van der Waals surface area contributed by atoms with Crippen LogP contribution in [0.4, 0.5) is 0 Å². The van der Waals surface area contributed by atoms with E-state index in [1.165, 1.54) is 12.1 Å². The SMILES string of the molecule is CCC(CC)ON(CC(O)C(N)Cc1ccc(OCc2ccccc2)cc1)S(=O)(=O)c1ccc2c(c1)OCO2. The zero-order valence-corrected chi connectivity index (χ0v) is 23.0. The van der Waals surface area contributed by atoms with E-state index in [0.29, 0.717) is 37.4 Å². The topological polar surface area (TPSA) is 121 Å². The molecule has 10 heteroatoms. The summed E-state index contributed by atoms with van der Waals surface area (Å²) in [6.45, 7) is 3.99. The average molecular weight is 557 g/mol. The first kappa shape index (κ1) is 28.8. The third kappa shape index (κ3) is 7.49. The summed E-state index contributed by atoms with van der Waals surface area (Å²) in [6, 6.07) is 21.0. The molecule has 0 saturated carbocycles. The second-order valence-electron chi connectivity index (χ2n) is 9.40. The summed E-state index contributed by atoms with van der Waals surface area (Å²) in [6.07, 6.45) is 0.00989. The number of fused-ring (bicyclic) bond motifs is 1. The number of sulfonamides is 1. The Hall–Kier alpha value is -3.15. The third-order valence-electron chi connectivity index (χ3n) is 6.56. The summed E-state index contributed by atoms with van der Waals surface area (Å²) >= 11 is 0. The Bertz CT molecular complexity index is 1300. The van der Waals surface area contributed by atoms with E-state index in [-0.39, 0.29) is 24.3 Å². The molecular weight excluding hydrogens is 520 g/mol. The summed E-state index contributed by atoms with van der Waals surface area (Å²) in [5.41, 5.74) is 8.29. The molecule has 0 aromatic heterocycles. The summed E-state index contributed by atoms with van der Waals surface area (Å²) in [7, 11) is -4.13. The Kier molecular flexibility index (Phi) is 9.82. The molecule has 3 aromatic carbocycles. The number of aliphatic hydroxyl groups excluding tert-OH is 1. The highest BCUT2D eigenvalue weighted by Crippen LogP contribution is 2.35. The van der Waals surface area contributed by atoms with E-state index in [1.54, 1.807) is 6.07 Å². The van der Waals surface area contributed by atoms with Gasteiger partial charge in [-0.2, -0.15) is 0 Å². The van der Waals surface area contributed by atoms with Gasteiger partial charge in [-0.15, -0.1) is 0 Å². The molecule has 0 amide bonds. The molecule has 3 aromatic rings. The van der Waals surface area contributed by atoms with Crippen LogP contribution in [-0.4, -0.2) is 49.6 Å². The highest BCUT2D eigenvalue weighted by atomic mass is 32.2. The van der Waals surface area contributed by atoms with E-state index in [0.717, 1.165) is 21.3 Å². The molecule has 2 unspecified atom stereocenters. The van der Waals surface area contributed by atoms with Crippen LogP contribution in [0.5, 0.6) is 17.2 Å². The predicted octanol–water partition coefficient (Wildman–Crippen LogP) is 4.04. The van der Waals surface area contributed by atoms with Gasteiger partial charge in [-0.3, -0.25) is 4.84 Å². The Morgan fingerprint density at radius 3 is 2.33 bits per heavy atom. The van der Waals surface area contributed by atoms with Crippen molar-refractivity contribution in [1.29, 1.82) is 0 Å². The van der Waals surface area contributed by atoms with E-state index in [4.69, 9.17) is 24.8 Å². The van der Waals surface area contributed by atoms with Gasteiger partial charge in [0.25, 0.3) is 10.0 Å². The van der Waals surface area contributed by atoms with Gasteiger partial charge >= 0.3 is 0 Å². The third-order valence-corrected chi connectivity index (χ3v) is 8.18. The van der Waals surface area contributed by atoms with Crippen LogP contribution >= 0.6 is 0 Å². The first-order valence-electron chi connectivity index (χ1n) is 13.1. The second-order valence-corrected chi connectivity index (χ2v) is 11.2. The molecule has 210 valence electrons. The van der Waals surface area contributed by atoms with Gasteiger partial charge in [0.1, 0.15) is 12.4 Å². The van der Waals surface area contributed by atoms with Crippen molar-refractivity contribution >= 4 is 10.0 Å². The molecule has 39 heavy (non-hydrogen) atoms. The van der Waals surface area contributed by atoms with Crippen LogP contribution in [0.15, 0.2) is 77.7 Å². The largest absolute Gasteiger partial charge is 0.489 e. The van der Waals surface area contributed by atoms with Crippen LogP contribution in [0.2, 0.25) is 0 Å². The molecule has 1 aliphatic heterocycles. The van der Waals surface area contributed by atoms with Crippen LogP contribution in [0, 0.1) is 0 Å². The monoisotopic (exact) mass is 556 g/mol. The molecule has 3 N–H and O–H groups in total. The van der Waals surface area contributed by atoms with Gasteiger partial charge in [0.05, 0.1) is 23.6 Å². The number of hydroxylamine groups is 1. The van der Waals surface area contributed by atoms with E-state index in [2.05, 4.69) is 0 Å². The molecule has 9 nitrogen and oxygen atoms in total. The van der Waals surface area contributed by atoms with Crippen LogP contribution in [-0.2, 0) is 27.9 Å². The molecule has 0 bridgehead atoms. The lowest BCUT2D eigenvalue weighted by atomic mass is 10.0. The zero-order chi connectivity index (χ0) is 27.8.